The van der Waals surface area contributed by atoms with Gasteiger partial charge in [-0.2, -0.15) is 0 Å². The minimum Gasteiger partial charge on any atom is -0.463 e. The van der Waals surface area contributed by atoms with Crippen molar-refractivity contribution >= 4 is 35.8 Å². The molecule has 392 valence electrons. The molecule has 0 bridgehead atoms. The number of hydrogen-bond acceptors (Lipinski definition) is 20. The Hall–Kier alpha value is -3.50. The van der Waals surface area contributed by atoms with Gasteiger partial charge in [-0.05, 0) is 73.5 Å². The first-order valence-electron chi connectivity index (χ1n) is 23.9. The molecular weight excluding hydrogens is 893 g/mol. The van der Waals surface area contributed by atoms with Gasteiger partial charge in [0.25, 0.3) is 0 Å². The molecular formula is C48H82N2O18. The Balaban J connectivity index is 2.34. The van der Waals surface area contributed by atoms with Crippen LogP contribution in [0.2, 0.25) is 0 Å². The normalized spacial score (nSPS) is 35.9. The second-order valence-electron chi connectivity index (χ2n) is 19.1. The van der Waals surface area contributed by atoms with Gasteiger partial charge in [-0.25, -0.2) is 0 Å². The van der Waals surface area contributed by atoms with Gasteiger partial charge >= 0.3 is 35.8 Å². The second kappa shape index (κ2) is 27.2. The standard InChI is InChI=1S/C48H82N2O18/c1-17-36(54)65-34-23-38(56)60-27(4)19-20-50(13)25-35(63-30(7)51)26(3)21-33(22-39(57-14)58-15)41(44(34)59-16)45-46(64-31(8)52)42(49(11)12)43(28(5)62-45)67-40-24-48(10,68-32(9)53)47(29(6)61-40)66-37(55)18-2/h26-29,33-35,39-47H,17-25H2,1-16H3/t26-,27-,28-,29+,33-,34-,35+,40+,41+,42+,43-,44-,45+,46-,47+,48-/m1/s1. The molecule has 0 unspecified atom stereocenters. The lowest BCUT2D eigenvalue weighted by molar-refractivity contribution is -0.320. The van der Waals surface area contributed by atoms with Crippen molar-refractivity contribution in [2.45, 2.75) is 199 Å². The van der Waals surface area contributed by atoms with Crippen LogP contribution in [0.1, 0.15) is 114 Å². The number of methoxy groups -OCH3 is 3. The number of cyclic esters (lactones) is 1. The van der Waals surface area contributed by atoms with E-state index in [1.165, 1.54) is 42.1 Å². The molecule has 20 heteroatoms. The molecule has 0 aliphatic carbocycles. The summed E-state index contributed by atoms with van der Waals surface area (Å²) in [5, 5.41) is 0. The first kappa shape index (κ1) is 58.8. The summed E-state index contributed by atoms with van der Waals surface area (Å²) in [6, 6.07) is -0.778. The molecule has 68 heavy (non-hydrogen) atoms. The van der Waals surface area contributed by atoms with E-state index in [2.05, 4.69) is 0 Å². The maximum Gasteiger partial charge on any atom is 0.309 e. The molecule has 20 nitrogen and oxygen atoms in total. The topological polar surface area (TPSA) is 220 Å². The highest BCUT2D eigenvalue weighted by Gasteiger charge is 2.58. The van der Waals surface area contributed by atoms with Crippen molar-refractivity contribution < 1.29 is 85.6 Å². The zero-order valence-corrected chi connectivity index (χ0v) is 43.3. The minimum absolute atomic E-state index is 0.00969. The molecule has 0 amide bonds. The molecule has 3 fully saturated rings. The van der Waals surface area contributed by atoms with Gasteiger partial charge in [0.15, 0.2) is 24.3 Å². The largest absolute Gasteiger partial charge is 0.463 e. The molecule has 3 saturated heterocycles. The van der Waals surface area contributed by atoms with Crippen molar-refractivity contribution in [2.24, 2.45) is 17.8 Å². The SMILES string of the molecule is CCC(=O)O[C@@H]1CC(=O)O[C@H](C)CCN(C)C[C@H](OC(C)=O)[C@H](C)C[C@H](CC(OC)OC)[C@H]([C@@H]2O[C@H](C)[C@@H](O[C@H]3C[C@@](C)(OC(C)=O)[C@@H](OC(=O)CC)[C@H](C)O3)[C@H](N(C)C)[C@H]2OC(C)=O)[C@@H]1OC. The maximum absolute atomic E-state index is 13.9. The van der Waals surface area contributed by atoms with Crippen LogP contribution in [-0.4, -0.2) is 186 Å². The summed E-state index contributed by atoms with van der Waals surface area (Å²) in [6.45, 7) is 17.0. The van der Waals surface area contributed by atoms with Gasteiger partial charge in [-0.3, -0.25) is 28.8 Å². The Labute approximate surface area is 403 Å². The third-order valence-corrected chi connectivity index (χ3v) is 13.2. The highest BCUT2D eigenvalue weighted by Crippen LogP contribution is 2.44. The highest BCUT2D eigenvalue weighted by atomic mass is 16.7. The fourth-order valence-electron chi connectivity index (χ4n) is 10.1. The molecule has 3 aliphatic heterocycles. The molecule has 0 aromatic carbocycles. The number of carbonyl (C=O) groups excluding carboxylic acids is 6. The van der Waals surface area contributed by atoms with Gasteiger partial charge in [0.05, 0.1) is 24.7 Å². The molecule has 0 aromatic rings. The van der Waals surface area contributed by atoms with E-state index in [-0.39, 0.29) is 38.0 Å². The number of hydrogen-bond donors (Lipinski definition) is 0. The third kappa shape index (κ3) is 16.6. The molecule has 0 radical (unpaired) electrons. The lowest BCUT2D eigenvalue weighted by Crippen LogP contribution is -2.68. The molecule has 0 spiro atoms. The lowest BCUT2D eigenvalue weighted by Gasteiger charge is -2.54. The summed E-state index contributed by atoms with van der Waals surface area (Å²) in [4.78, 5) is 82.3. The van der Waals surface area contributed by atoms with E-state index >= 15 is 0 Å². The van der Waals surface area contributed by atoms with Crippen LogP contribution >= 0.6 is 0 Å². The van der Waals surface area contributed by atoms with Crippen LogP contribution < -0.4 is 0 Å². The summed E-state index contributed by atoms with van der Waals surface area (Å²) in [6.07, 6.45) is -10.3. The maximum atomic E-state index is 13.9. The predicted molar refractivity (Wildman–Crippen MR) is 244 cm³/mol. The van der Waals surface area contributed by atoms with E-state index < -0.39 is 133 Å². The summed E-state index contributed by atoms with van der Waals surface area (Å²) in [7, 11) is 9.97. The van der Waals surface area contributed by atoms with Gasteiger partial charge in [0.2, 0.25) is 0 Å². The number of likely N-dealkylation sites (N-methyl/N-ethyl adjacent to an activating group) is 2. The van der Waals surface area contributed by atoms with Gasteiger partial charge in [0, 0.05) is 86.8 Å². The van der Waals surface area contributed by atoms with Crippen molar-refractivity contribution in [2.75, 3.05) is 55.6 Å². The van der Waals surface area contributed by atoms with Crippen LogP contribution in [-0.2, 0) is 85.6 Å². The molecule has 0 saturated carbocycles. The summed E-state index contributed by atoms with van der Waals surface area (Å²) < 4.78 is 74.4. The van der Waals surface area contributed by atoms with Crippen molar-refractivity contribution in [3.63, 3.8) is 0 Å². The molecule has 3 aliphatic rings. The van der Waals surface area contributed by atoms with Gasteiger partial charge < -0.3 is 66.6 Å². The van der Waals surface area contributed by atoms with Crippen LogP contribution in [0.4, 0.5) is 0 Å². The van der Waals surface area contributed by atoms with E-state index in [4.69, 9.17) is 56.8 Å². The van der Waals surface area contributed by atoms with Crippen LogP contribution in [0, 0.1) is 17.8 Å². The average Bonchev–Trinajstić information content (AvgIpc) is 3.24. The monoisotopic (exact) mass is 975 g/mol. The van der Waals surface area contributed by atoms with Crippen LogP contribution in [0.25, 0.3) is 0 Å². The first-order chi connectivity index (χ1) is 31.9. The zero-order chi connectivity index (χ0) is 51.2. The van der Waals surface area contributed by atoms with Gasteiger partial charge in [-0.1, -0.05) is 20.8 Å². The fraction of sp³-hybridized carbons (Fsp3) is 0.875. The van der Waals surface area contributed by atoms with Crippen LogP contribution in [0.5, 0.6) is 0 Å². The zero-order valence-electron chi connectivity index (χ0n) is 43.3. The second-order valence-corrected chi connectivity index (χ2v) is 19.1. The number of ether oxygens (including phenoxy) is 12. The average molecular weight is 975 g/mol. The van der Waals surface area contributed by atoms with E-state index in [1.807, 2.05) is 23.8 Å². The van der Waals surface area contributed by atoms with Crippen molar-refractivity contribution in [1.29, 1.82) is 0 Å². The predicted octanol–water partition coefficient (Wildman–Crippen LogP) is 3.99. The fourth-order valence-corrected chi connectivity index (χ4v) is 10.1. The number of nitrogens with zero attached hydrogens (tertiary/aromatic N) is 2. The van der Waals surface area contributed by atoms with Gasteiger partial charge in [0.1, 0.15) is 42.7 Å². The summed E-state index contributed by atoms with van der Waals surface area (Å²) >= 11 is 0. The summed E-state index contributed by atoms with van der Waals surface area (Å²) in [5.74, 6) is -5.19. The Bertz CT molecular complexity index is 1650. The van der Waals surface area contributed by atoms with Crippen LogP contribution in [0.15, 0.2) is 0 Å². The molecule has 0 aromatic heterocycles. The number of rotatable bonds is 16. The molecule has 3 rings (SSSR count). The highest BCUT2D eigenvalue weighted by molar-refractivity contribution is 5.73. The number of esters is 6. The van der Waals surface area contributed by atoms with E-state index in [0.717, 1.165) is 0 Å². The quantitative estimate of drug-likeness (QED) is 0.121. The van der Waals surface area contributed by atoms with Crippen molar-refractivity contribution in [3.8, 4) is 0 Å². The molecule has 3 heterocycles. The molecule has 0 N–H and O–H groups in total. The third-order valence-electron chi connectivity index (χ3n) is 13.2. The number of carbonyl (C=O) groups is 6. The minimum atomic E-state index is -1.36. The Morgan fingerprint density at radius 1 is 0.809 bits per heavy atom. The Morgan fingerprint density at radius 3 is 1.97 bits per heavy atom. The van der Waals surface area contributed by atoms with E-state index in [9.17, 15) is 28.8 Å². The van der Waals surface area contributed by atoms with Crippen molar-refractivity contribution in [3.05, 3.63) is 0 Å². The lowest BCUT2D eigenvalue weighted by atomic mass is 9.70. The smallest absolute Gasteiger partial charge is 0.309 e. The Morgan fingerprint density at radius 2 is 1.43 bits per heavy atom. The van der Waals surface area contributed by atoms with E-state index in [1.54, 1.807) is 55.6 Å². The van der Waals surface area contributed by atoms with E-state index in [0.29, 0.717) is 25.9 Å². The first-order valence-corrected chi connectivity index (χ1v) is 23.9. The van der Waals surface area contributed by atoms with Crippen LogP contribution in [0.3, 0.4) is 0 Å². The Kier molecular flexibility index (Phi) is 23.5. The van der Waals surface area contributed by atoms with Gasteiger partial charge in [-0.15, -0.1) is 0 Å². The summed E-state index contributed by atoms with van der Waals surface area (Å²) in [5.41, 5.74) is -1.36. The molecule has 16 atom stereocenters. The van der Waals surface area contributed by atoms with Crippen molar-refractivity contribution in [1.82, 2.24) is 9.80 Å².